The van der Waals surface area contributed by atoms with E-state index in [9.17, 15) is 34.0 Å². The van der Waals surface area contributed by atoms with Gasteiger partial charge in [0.2, 0.25) is 0 Å². The van der Waals surface area contributed by atoms with Gasteiger partial charge in [0.25, 0.3) is 10.9 Å². The van der Waals surface area contributed by atoms with Crippen LogP contribution in [0.5, 0.6) is 11.5 Å². The van der Waals surface area contributed by atoms with Gasteiger partial charge in [0.15, 0.2) is 0 Å². The van der Waals surface area contributed by atoms with Crippen LogP contribution < -0.4 is 30.1 Å². The third-order valence-corrected chi connectivity index (χ3v) is 7.16. The van der Waals surface area contributed by atoms with E-state index in [1.54, 1.807) is 4.90 Å². The summed E-state index contributed by atoms with van der Waals surface area (Å²) in [6.45, 7) is 0.848. The second-order valence-corrected chi connectivity index (χ2v) is 9.80. The lowest BCUT2D eigenvalue weighted by atomic mass is 10.2. The molecule has 1 aliphatic rings. The number of nitrogens with zero attached hydrogens (tertiary/aromatic N) is 1. The number of carbonyl (C=O) groups is 2. The number of carboxylic acid groups (broad SMARTS) is 2. The molecule has 3 N–H and O–H groups in total. The Kier molecular flexibility index (Phi) is 6.61. The predicted octanol–water partition coefficient (Wildman–Crippen LogP) is 2.65. The first-order valence-corrected chi connectivity index (χ1v) is 12.4. The van der Waals surface area contributed by atoms with Crippen molar-refractivity contribution < 1.29 is 33.4 Å². The Morgan fingerprint density at radius 2 is 1.46 bits per heavy atom. The van der Waals surface area contributed by atoms with Crippen molar-refractivity contribution >= 4 is 30.9 Å². The number of benzene rings is 2. The SMILES string of the molecule is O=C(O)c1ccccc1OP(=O)(CCN1CCCNc2c1c(=O)c2=O)Oc1ccccc1C(=O)O. The molecule has 12 heteroatoms. The second kappa shape index (κ2) is 9.63. The Labute approximate surface area is 198 Å². The standard InChI is InChI=1S/C23H21N2O9P/c26-20-18-19(21(20)27)25(11-5-10-24-18)12-13-35(32,33-16-8-3-1-6-14(16)22(28)29)34-17-9-4-2-7-15(17)23(30)31/h1-4,6-9,24H,5,10-13H2,(H,28,29)(H,30,31). The van der Waals surface area contributed by atoms with Gasteiger partial charge in [-0.3, -0.25) is 9.59 Å². The lowest BCUT2D eigenvalue weighted by Gasteiger charge is -2.27. The van der Waals surface area contributed by atoms with Gasteiger partial charge in [-0.1, -0.05) is 24.3 Å². The number of aromatic carboxylic acids is 2. The normalized spacial score (nSPS) is 13.4. The summed E-state index contributed by atoms with van der Waals surface area (Å²) in [4.78, 5) is 48.9. The van der Waals surface area contributed by atoms with E-state index in [0.717, 1.165) is 0 Å². The first kappa shape index (κ1) is 24.0. The van der Waals surface area contributed by atoms with Crippen LogP contribution >= 0.6 is 7.60 Å². The molecule has 11 nitrogen and oxygen atoms in total. The Bertz CT molecular complexity index is 1350. The molecule has 0 unspecified atom stereocenters. The highest BCUT2D eigenvalue weighted by Gasteiger charge is 2.35. The van der Waals surface area contributed by atoms with Crippen LogP contribution in [-0.2, 0) is 4.57 Å². The number of hydrogen-bond donors (Lipinski definition) is 3. The molecule has 0 saturated carbocycles. The maximum atomic E-state index is 13.9. The van der Waals surface area contributed by atoms with Crippen molar-refractivity contribution in [3.63, 3.8) is 0 Å². The van der Waals surface area contributed by atoms with E-state index < -0.39 is 30.4 Å². The van der Waals surface area contributed by atoms with Gasteiger partial charge in [0.1, 0.15) is 34.0 Å². The van der Waals surface area contributed by atoms with Crippen LogP contribution in [0.2, 0.25) is 0 Å². The fraction of sp³-hybridized carbons (Fsp3) is 0.217. The van der Waals surface area contributed by atoms with Gasteiger partial charge < -0.3 is 29.5 Å². The molecule has 0 radical (unpaired) electrons. The molecule has 1 heterocycles. The van der Waals surface area contributed by atoms with E-state index in [1.165, 1.54) is 48.5 Å². The number of para-hydroxylation sites is 2. The minimum atomic E-state index is -4.24. The van der Waals surface area contributed by atoms with E-state index >= 15 is 0 Å². The number of nitrogens with one attached hydrogen (secondary N) is 1. The molecule has 0 spiro atoms. The minimum Gasteiger partial charge on any atom is -0.478 e. The van der Waals surface area contributed by atoms with Gasteiger partial charge in [-0.25, -0.2) is 14.2 Å². The zero-order valence-electron chi connectivity index (χ0n) is 18.3. The number of hydrogen-bond acceptors (Lipinski definition) is 9. The largest absolute Gasteiger partial charge is 0.478 e. The molecule has 0 amide bonds. The first-order chi connectivity index (χ1) is 16.7. The fourth-order valence-electron chi connectivity index (χ4n) is 3.76. The molecule has 1 aliphatic heterocycles. The van der Waals surface area contributed by atoms with Crippen molar-refractivity contribution in [3.05, 3.63) is 80.1 Å². The molecule has 0 bridgehead atoms. The monoisotopic (exact) mass is 500 g/mol. The summed E-state index contributed by atoms with van der Waals surface area (Å²) in [7, 11) is -4.24. The summed E-state index contributed by atoms with van der Waals surface area (Å²) < 4.78 is 25.2. The van der Waals surface area contributed by atoms with Crippen molar-refractivity contribution in [3.8, 4) is 11.5 Å². The summed E-state index contributed by atoms with van der Waals surface area (Å²) >= 11 is 0. The number of anilines is 2. The average molecular weight is 500 g/mol. The van der Waals surface area contributed by atoms with E-state index in [1.807, 2.05) is 0 Å². The van der Waals surface area contributed by atoms with Gasteiger partial charge in [-0.15, -0.1) is 0 Å². The van der Waals surface area contributed by atoms with Crippen LogP contribution in [0.1, 0.15) is 27.1 Å². The fourth-order valence-corrected chi connectivity index (χ4v) is 5.39. The highest BCUT2D eigenvalue weighted by atomic mass is 31.2. The highest BCUT2D eigenvalue weighted by Crippen LogP contribution is 2.50. The maximum Gasteiger partial charge on any atom is 0.432 e. The summed E-state index contributed by atoms with van der Waals surface area (Å²) in [5.41, 5.74) is -1.39. The first-order valence-electron chi connectivity index (χ1n) is 10.7. The average Bonchev–Trinajstić information content (AvgIpc) is 3.03. The van der Waals surface area contributed by atoms with Crippen LogP contribution in [0.3, 0.4) is 0 Å². The maximum absolute atomic E-state index is 13.9. The molecule has 0 fully saturated rings. The molecule has 0 saturated heterocycles. The molecule has 4 rings (SSSR count). The van der Waals surface area contributed by atoms with Crippen LogP contribution in [0.4, 0.5) is 11.4 Å². The minimum absolute atomic E-state index is 0.0265. The predicted molar refractivity (Wildman–Crippen MR) is 127 cm³/mol. The Morgan fingerprint density at radius 3 is 2.00 bits per heavy atom. The zero-order chi connectivity index (χ0) is 25.2. The topological polar surface area (TPSA) is 160 Å². The molecule has 3 aromatic carbocycles. The van der Waals surface area contributed by atoms with E-state index in [-0.39, 0.29) is 46.7 Å². The van der Waals surface area contributed by atoms with Gasteiger partial charge in [-0.05, 0) is 30.7 Å². The quantitative estimate of drug-likeness (QED) is 0.293. The number of rotatable bonds is 9. The molecular formula is C23H21N2O9P. The lowest BCUT2D eigenvalue weighted by molar-refractivity contribution is 0.0684. The molecule has 3 aromatic rings. The summed E-state index contributed by atoms with van der Waals surface area (Å²) in [6.07, 6.45) is 0.274. The van der Waals surface area contributed by atoms with Crippen molar-refractivity contribution in [2.24, 2.45) is 0 Å². The molecule has 0 aliphatic carbocycles. The Morgan fingerprint density at radius 1 is 0.914 bits per heavy atom. The summed E-state index contributed by atoms with van der Waals surface area (Å²) in [6, 6.07) is 11.1. The lowest BCUT2D eigenvalue weighted by Crippen LogP contribution is -2.42. The van der Waals surface area contributed by atoms with Gasteiger partial charge >= 0.3 is 19.5 Å². The van der Waals surface area contributed by atoms with Crippen LogP contribution in [0, 0.1) is 0 Å². The molecule has 0 atom stereocenters. The van der Waals surface area contributed by atoms with E-state index in [4.69, 9.17) is 9.05 Å². The van der Waals surface area contributed by atoms with Gasteiger partial charge in [0.05, 0.1) is 6.16 Å². The van der Waals surface area contributed by atoms with E-state index in [2.05, 4.69) is 5.32 Å². The van der Waals surface area contributed by atoms with Crippen molar-refractivity contribution in [1.29, 1.82) is 0 Å². The van der Waals surface area contributed by atoms with Crippen molar-refractivity contribution in [2.45, 2.75) is 6.42 Å². The third kappa shape index (κ3) is 4.90. The molecule has 35 heavy (non-hydrogen) atoms. The summed E-state index contributed by atoms with van der Waals surface area (Å²) in [5, 5.41) is 21.9. The summed E-state index contributed by atoms with van der Waals surface area (Å²) in [5.74, 6) is -3.07. The van der Waals surface area contributed by atoms with Crippen molar-refractivity contribution in [1.82, 2.24) is 0 Å². The third-order valence-electron chi connectivity index (χ3n) is 5.46. The molecular weight excluding hydrogens is 479 g/mol. The second-order valence-electron chi connectivity index (χ2n) is 7.77. The van der Waals surface area contributed by atoms with Crippen molar-refractivity contribution in [2.75, 3.05) is 36.0 Å². The van der Waals surface area contributed by atoms with Crippen LogP contribution in [0.15, 0.2) is 58.1 Å². The zero-order valence-corrected chi connectivity index (χ0v) is 19.2. The Hall–Kier alpha value is -4.11. The van der Waals surface area contributed by atoms with E-state index in [0.29, 0.717) is 19.5 Å². The van der Waals surface area contributed by atoms with Gasteiger partial charge in [0, 0.05) is 19.6 Å². The Balaban J connectivity index is 1.67. The van der Waals surface area contributed by atoms with Gasteiger partial charge in [-0.2, -0.15) is 0 Å². The number of fused-ring (bicyclic) bond motifs is 1. The number of carboxylic acids is 2. The molecule has 0 aromatic heterocycles. The van der Waals surface area contributed by atoms with Crippen LogP contribution in [0.25, 0.3) is 0 Å². The molecule has 182 valence electrons. The smallest absolute Gasteiger partial charge is 0.432 e. The highest BCUT2D eigenvalue weighted by molar-refractivity contribution is 7.54. The van der Waals surface area contributed by atoms with Crippen LogP contribution in [-0.4, -0.2) is 47.9 Å².